The SMILES string of the molecule is Cc1sc(C(=O)O)cc1-c1ncc(F)cc1C(C)Oc1cncc(F)c1. The molecule has 0 saturated heterocycles. The van der Waals surface area contributed by atoms with E-state index in [-0.39, 0.29) is 10.6 Å². The van der Waals surface area contributed by atoms with Crippen LogP contribution in [0.2, 0.25) is 0 Å². The monoisotopic (exact) mass is 376 g/mol. The predicted octanol–water partition coefficient (Wildman–Crippen LogP) is 4.63. The zero-order valence-corrected chi connectivity index (χ0v) is 14.7. The highest BCUT2D eigenvalue weighted by molar-refractivity contribution is 7.14. The topological polar surface area (TPSA) is 72.3 Å². The number of aryl methyl sites for hydroxylation is 1. The molecule has 0 aliphatic carbocycles. The van der Waals surface area contributed by atoms with Gasteiger partial charge in [-0.05, 0) is 26.0 Å². The molecule has 0 spiro atoms. The number of ether oxygens (including phenoxy) is 1. The molecular formula is C18H14F2N2O3S. The molecule has 1 unspecified atom stereocenters. The largest absolute Gasteiger partial charge is 0.484 e. The van der Waals surface area contributed by atoms with Crippen LogP contribution in [0.15, 0.2) is 36.8 Å². The van der Waals surface area contributed by atoms with E-state index in [9.17, 15) is 18.7 Å². The van der Waals surface area contributed by atoms with Crippen molar-refractivity contribution in [2.24, 2.45) is 0 Å². The molecule has 134 valence electrons. The van der Waals surface area contributed by atoms with Gasteiger partial charge < -0.3 is 9.84 Å². The van der Waals surface area contributed by atoms with E-state index < -0.39 is 23.7 Å². The van der Waals surface area contributed by atoms with Crippen molar-refractivity contribution in [3.8, 4) is 17.0 Å². The molecule has 3 heterocycles. The third-order valence-electron chi connectivity index (χ3n) is 3.70. The second-order valence-electron chi connectivity index (χ2n) is 5.58. The van der Waals surface area contributed by atoms with Gasteiger partial charge >= 0.3 is 5.97 Å². The molecule has 0 fully saturated rings. The molecule has 1 N–H and O–H groups in total. The van der Waals surface area contributed by atoms with Crippen LogP contribution < -0.4 is 4.74 Å². The van der Waals surface area contributed by atoms with Gasteiger partial charge in [0.2, 0.25) is 0 Å². The highest BCUT2D eigenvalue weighted by Crippen LogP contribution is 2.35. The number of carbonyl (C=O) groups is 1. The quantitative estimate of drug-likeness (QED) is 0.703. The molecule has 0 radical (unpaired) electrons. The number of carboxylic acid groups (broad SMARTS) is 1. The van der Waals surface area contributed by atoms with Crippen LogP contribution in [0.1, 0.15) is 33.1 Å². The van der Waals surface area contributed by atoms with Crippen molar-refractivity contribution < 1.29 is 23.4 Å². The first-order chi connectivity index (χ1) is 12.3. The summed E-state index contributed by atoms with van der Waals surface area (Å²) in [7, 11) is 0. The van der Waals surface area contributed by atoms with Crippen LogP contribution in [-0.4, -0.2) is 21.0 Å². The number of pyridine rings is 2. The lowest BCUT2D eigenvalue weighted by atomic mass is 10.0. The molecule has 0 aromatic carbocycles. The molecule has 0 amide bonds. The fourth-order valence-corrected chi connectivity index (χ4v) is 3.40. The summed E-state index contributed by atoms with van der Waals surface area (Å²) in [6.07, 6.45) is 2.80. The van der Waals surface area contributed by atoms with Gasteiger partial charge in [0.15, 0.2) is 0 Å². The fraction of sp³-hybridized carbons (Fsp3) is 0.167. The molecule has 0 saturated carbocycles. The van der Waals surface area contributed by atoms with Gasteiger partial charge in [0.1, 0.15) is 28.4 Å². The minimum Gasteiger partial charge on any atom is -0.484 e. The maximum absolute atomic E-state index is 13.8. The van der Waals surface area contributed by atoms with Gasteiger partial charge in [-0.3, -0.25) is 9.97 Å². The molecule has 1 atom stereocenters. The second kappa shape index (κ2) is 7.17. The van der Waals surface area contributed by atoms with Crippen molar-refractivity contribution in [1.82, 2.24) is 9.97 Å². The van der Waals surface area contributed by atoms with Gasteiger partial charge in [-0.25, -0.2) is 13.6 Å². The van der Waals surface area contributed by atoms with Gasteiger partial charge in [-0.15, -0.1) is 11.3 Å². The summed E-state index contributed by atoms with van der Waals surface area (Å²) in [6, 6.07) is 3.95. The Labute approximate surface area is 151 Å². The highest BCUT2D eigenvalue weighted by Gasteiger charge is 2.21. The predicted molar refractivity (Wildman–Crippen MR) is 92.4 cm³/mol. The third-order valence-corrected chi connectivity index (χ3v) is 4.74. The Kier molecular flexibility index (Phi) is 4.94. The molecule has 3 aromatic rings. The zero-order valence-electron chi connectivity index (χ0n) is 13.9. The number of rotatable bonds is 5. The van der Waals surface area contributed by atoms with Gasteiger partial charge in [-0.1, -0.05) is 0 Å². The van der Waals surface area contributed by atoms with Crippen LogP contribution in [0.3, 0.4) is 0 Å². The molecule has 3 rings (SSSR count). The second-order valence-corrected chi connectivity index (χ2v) is 6.83. The smallest absolute Gasteiger partial charge is 0.345 e. The van der Waals surface area contributed by atoms with Crippen molar-refractivity contribution in [2.75, 3.05) is 0 Å². The minimum absolute atomic E-state index is 0.164. The normalized spacial score (nSPS) is 12.0. The Hall–Kier alpha value is -2.87. The first kappa shape index (κ1) is 17.9. The number of hydrogen-bond donors (Lipinski definition) is 1. The number of aromatic nitrogens is 2. The molecule has 0 bridgehead atoms. The number of halogens is 2. The molecular weight excluding hydrogens is 362 g/mol. The lowest BCUT2D eigenvalue weighted by Gasteiger charge is -2.18. The van der Waals surface area contributed by atoms with Crippen molar-refractivity contribution in [1.29, 1.82) is 0 Å². The molecule has 26 heavy (non-hydrogen) atoms. The zero-order chi connectivity index (χ0) is 18.8. The first-order valence-electron chi connectivity index (χ1n) is 7.62. The summed E-state index contributed by atoms with van der Waals surface area (Å²) in [6.45, 7) is 3.44. The number of aromatic carboxylic acids is 1. The van der Waals surface area contributed by atoms with E-state index in [1.807, 2.05) is 0 Å². The van der Waals surface area contributed by atoms with Gasteiger partial charge in [-0.2, -0.15) is 0 Å². The lowest BCUT2D eigenvalue weighted by Crippen LogP contribution is -2.07. The maximum atomic E-state index is 13.8. The summed E-state index contributed by atoms with van der Waals surface area (Å²) < 4.78 is 32.7. The molecule has 0 aliphatic heterocycles. The van der Waals surface area contributed by atoms with Crippen molar-refractivity contribution in [3.63, 3.8) is 0 Å². The summed E-state index contributed by atoms with van der Waals surface area (Å²) in [5.41, 5.74) is 1.44. The first-order valence-corrected chi connectivity index (χ1v) is 8.43. The van der Waals surface area contributed by atoms with E-state index in [0.29, 0.717) is 16.8 Å². The number of hydrogen-bond acceptors (Lipinski definition) is 5. The highest BCUT2D eigenvalue weighted by atomic mass is 32.1. The van der Waals surface area contributed by atoms with Crippen LogP contribution >= 0.6 is 11.3 Å². The number of thiophene rings is 1. The van der Waals surface area contributed by atoms with Crippen LogP contribution in [0.25, 0.3) is 11.3 Å². The standard InChI is InChI=1S/C18H14F2N2O3S/c1-9(25-13-3-11(19)6-21-8-13)14-4-12(20)7-22-17(14)15-5-16(18(23)24)26-10(15)2/h3-9H,1-2H3,(H,23,24). The maximum Gasteiger partial charge on any atom is 0.345 e. The van der Waals surface area contributed by atoms with Crippen molar-refractivity contribution >= 4 is 17.3 Å². The van der Waals surface area contributed by atoms with E-state index in [0.717, 1.165) is 28.6 Å². The summed E-state index contributed by atoms with van der Waals surface area (Å²) in [5, 5.41) is 9.18. The Morgan fingerprint density at radius 2 is 1.92 bits per heavy atom. The summed E-state index contributed by atoms with van der Waals surface area (Å²) in [5.74, 6) is -1.95. The van der Waals surface area contributed by atoms with Crippen LogP contribution in [0.4, 0.5) is 8.78 Å². The fourth-order valence-electron chi connectivity index (χ4n) is 2.54. The van der Waals surface area contributed by atoms with Gasteiger partial charge in [0, 0.05) is 22.1 Å². The van der Waals surface area contributed by atoms with Crippen LogP contribution in [-0.2, 0) is 0 Å². The summed E-state index contributed by atoms with van der Waals surface area (Å²) >= 11 is 1.11. The van der Waals surface area contributed by atoms with E-state index in [1.54, 1.807) is 13.8 Å². The molecule has 0 aliphatic rings. The number of carboxylic acids is 1. The third kappa shape index (κ3) is 3.70. The Bertz CT molecular complexity index is 975. The Balaban J connectivity index is 2.02. The van der Waals surface area contributed by atoms with Gasteiger partial charge in [0.05, 0.1) is 24.3 Å². The molecule has 5 nitrogen and oxygen atoms in total. The van der Waals surface area contributed by atoms with E-state index >= 15 is 0 Å². The van der Waals surface area contributed by atoms with Crippen molar-refractivity contribution in [3.05, 3.63) is 63.7 Å². The van der Waals surface area contributed by atoms with Crippen LogP contribution in [0.5, 0.6) is 5.75 Å². The molecule has 3 aromatic heterocycles. The van der Waals surface area contributed by atoms with E-state index in [1.165, 1.54) is 24.4 Å². The van der Waals surface area contributed by atoms with E-state index in [2.05, 4.69) is 9.97 Å². The average Bonchev–Trinajstić information content (AvgIpc) is 2.97. The summed E-state index contributed by atoms with van der Waals surface area (Å²) in [4.78, 5) is 20.0. The molecule has 8 heteroatoms. The van der Waals surface area contributed by atoms with E-state index in [4.69, 9.17) is 4.74 Å². The Morgan fingerprint density at radius 1 is 1.19 bits per heavy atom. The number of nitrogens with zero attached hydrogens (tertiary/aromatic N) is 2. The lowest BCUT2D eigenvalue weighted by molar-refractivity contribution is 0.0702. The Morgan fingerprint density at radius 3 is 2.58 bits per heavy atom. The minimum atomic E-state index is -1.04. The van der Waals surface area contributed by atoms with Gasteiger partial charge in [0.25, 0.3) is 0 Å². The van der Waals surface area contributed by atoms with Crippen LogP contribution in [0, 0.1) is 18.6 Å². The van der Waals surface area contributed by atoms with Crippen molar-refractivity contribution in [2.45, 2.75) is 20.0 Å². The average molecular weight is 376 g/mol.